The number of ether oxygens (including phenoxy) is 1. The van der Waals surface area contributed by atoms with E-state index in [1.165, 1.54) is 37.2 Å². The molecule has 6 heteroatoms. The Labute approximate surface area is 153 Å². The Morgan fingerprint density at radius 1 is 1.12 bits per heavy atom. The van der Waals surface area contributed by atoms with Crippen LogP contribution in [0.5, 0.6) is 0 Å². The van der Waals surface area contributed by atoms with Crippen molar-refractivity contribution in [2.75, 3.05) is 49.6 Å². The van der Waals surface area contributed by atoms with E-state index in [0.717, 1.165) is 50.2 Å². The number of benzene rings is 1. The SMILES string of the molecule is c1cc(CNc2nc(CN3CCOCC3)cs2)cc(N2CCCC2)c1. The average Bonchev–Trinajstić information content (AvgIpc) is 3.33. The van der Waals surface area contributed by atoms with Gasteiger partial charge in [0, 0.05) is 50.3 Å². The van der Waals surface area contributed by atoms with Crippen LogP contribution in [0, 0.1) is 0 Å². The molecule has 0 amide bonds. The second-order valence-electron chi connectivity index (χ2n) is 6.75. The van der Waals surface area contributed by atoms with Crippen molar-refractivity contribution in [3.63, 3.8) is 0 Å². The lowest BCUT2D eigenvalue weighted by Gasteiger charge is -2.25. The van der Waals surface area contributed by atoms with Crippen LogP contribution < -0.4 is 10.2 Å². The van der Waals surface area contributed by atoms with Gasteiger partial charge in [-0.2, -0.15) is 0 Å². The molecule has 2 aromatic rings. The third-order valence-electron chi connectivity index (χ3n) is 4.87. The molecule has 0 saturated carbocycles. The van der Waals surface area contributed by atoms with Crippen LogP contribution in [0.1, 0.15) is 24.1 Å². The largest absolute Gasteiger partial charge is 0.379 e. The highest BCUT2D eigenvalue weighted by molar-refractivity contribution is 7.13. The van der Waals surface area contributed by atoms with Gasteiger partial charge >= 0.3 is 0 Å². The Balaban J connectivity index is 1.31. The zero-order valence-electron chi connectivity index (χ0n) is 14.6. The van der Waals surface area contributed by atoms with Gasteiger partial charge in [-0.05, 0) is 30.5 Å². The predicted molar refractivity (Wildman–Crippen MR) is 103 cm³/mol. The highest BCUT2D eigenvalue weighted by Crippen LogP contribution is 2.22. The van der Waals surface area contributed by atoms with Crippen LogP contribution >= 0.6 is 11.3 Å². The van der Waals surface area contributed by atoms with Gasteiger partial charge in [0.2, 0.25) is 0 Å². The van der Waals surface area contributed by atoms with Crippen molar-refractivity contribution in [3.8, 4) is 0 Å². The van der Waals surface area contributed by atoms with Gasteiger partial charge in [0.1, 0.15) is 0 Å². The number of hydrogen-bond acceptors (Lipinski definition) is 6. The molecule has 4 rings (SSSR count). The quantitative estimate of drug-likeness (QED) is 0.859. The number of morpholine rings is 1. The third-order valence-corrected chi connectivity index (χ3v) is 5.72. The van der Waals surface area contributed by atoms with Gasteiger partial charge in [0.25, 0.3) is 0 Å². The van der Waals surface area contributed by atoms with E-state index in [2.05, 4.69) is 44.8 Å². The number of thiazole rings is 1. The molecule has 5 nitrogen and oxygen atoms in total. The van der Waals surface area contributed by atoms with Gasteiger partial charge in [0.15, 0.2) is 5.13 Å². The summed E-state index contributed by atoms with van der Waals surface area (Å²) in [6.07, 6.45) is 2.63. The summed E-state index contributed by atoms with van der Waals surface area (Å²) < 4.78 is 5.40. The Hall–Kier alpha value is -1.63. The van der Waals surface area contributed by atoms with E-state index in [9.17, 15) is 0 Å². The Kier molecular flexibility index (Phi) is 5.49. The first kappa shape index (κ1) is 16.8. The Morgan fingerprint density at radius 2 is 1.96 bits per heavy atom. The molecular formula is C19H26N4OS. The highest BCUT2D eigenvalue weighted by atomic mass is 32.1. The van der Waals surface area contributed by atoms with Gasteiger partial charge in [-0.25, -0.2) is 4.98 Å². The number of rotatable bonds is 6. The average molecular weight is 359 g/mol. The molecule has 2 aliphatic rings. The fourth-order valence-electron chi connectivity index (χ4n) is 3.47. The molecule has 0 aliphatic carbocycles. The summed E-state index contributed by atoms with van der Waals surface area (Å²) in [5, 5.41) is 6.66. The maximum absolute atomic E-state index is 5.40. The van der Waals surface area contributed by atoms with Gasteiger partial charge < -0.3 is 15.0 Å². The maximum Gasteiger partial charge on any atom is 0.183 e. The van der Waals surface area contributed by atoms with Crippen LogP contribution in [-0.2, 0) is 17.8 Å². The topological polar surface area (TPSA) is 40.6 Å². The minimum Gasteiger partial charge on any atom is -0.379 e. The molecule has 1 aromatic carbocycles. The van der Waals surface area contributed by atoms with Crippen LogP contribution in [0.25, 0.3) is 0 Å². The second kappa shape index (κ2) is 8.17. The maximum atomic E-state index is 5.40. The molecule has 1 N–H and O–H groups in total. The molecule has 0 bridgehead atoms. The zero-order chi connectivity index (χ0) is 16.9. The van der Waals surface area contributed by atoms with Gasteiger partial charge in [-0.1, -0.05) is 12.1 Å². The van der Waals surface area contributed by atoms with Crippen LogP contribution in [0.4, 0.5) is 10.8 Å². The molecule has 134 valence electrons. The first-order valence-corrected chi connectivity index (χ1v) is 10.1. The number of aromatic nitrogens is 1. The monoisotopic (exact) mass is 358 g/mol. The van der Waals surface area contributed by atoms with Gasteiger partial charge in [0.05, 0.1) is 18.9 Å². The van der Waals surface area contributed by atoms with Crippen molar-refractivity contribution in [1.82, 2.24) is 9.88 Å². The number of nitrogens with one attached hydrogen (secondary N) is 1. The second-order valence-corrected chi connectivity index (χ2v) is 7.61. The first-order valence-electron chi connectivity index (χ1n) is 9.19. The summed E-state index contributed by atoms with van der Waals surface area (Å²) in [6.45, 7) is 7.80. The minimum absolute atomic E-state index is 0.826. The van der Waals surface area contributed by atoms with E-state index in [4.69, 9.17) is 9.72 Å². The fraction of sp³-hybridized carbons (Fsp3) is 0.526. The standard InChI is InChI=1S/C19H26N4OS/c1-2-7-23(6-1)18-5-3-4-16(12-18)13-20-19-21-17(15-25-19)14-22-8-10-24-11-9-22/h3-5,12,15H,1-2,6-11,13-14H2,(H,20,21). The summed E-state index contributed by atoms with van der Waals surface area (Å²) in [5.74, 6) is 0. The van der Waals surface area contributed by atoms with Gasteiger partial charge in [-0.15, -0.1) is 11.3 Å². The molecule has 0 spiro atoms. The number of anilines is 2. The fourth-order valence-corrected chi connectivity index (χ4v) is 4.17. The van der Waals surface area contributed by atoms with Crippen LogP contribution in [0.3, 0.4) is 0 Å². The lowest BCUT2D eigenvalue weighted by Crippen LogP contribution is -2.35. The summed E-state index contributed by atoms with van der Waals surface area (Å²) in [4.78, 5) is 9.62. The van der Waals surface area contributed by atoms with Crippen molar-refractivity contribution in [2.24, 2.45) is 0 Å². The highest BCUT2D eigenvalue weighted by Gasteiger charge is 2.14. The molecule has 2 saturated heterocycles. The van der Waals surface area contributed by atoms with Crippen LogP contribution in [0.2, 0.25) is 0 Å². The number of nitrogens with zero attached hydrogens (tertiary/aromatic N) is 3. The summed E-state index contributed by atoms with van der Waals surface area (Å²) >= 11 is 1.70. The van der Waals surface area contributed by atoms with Crippen molar-refractivity contribution in [3.05, 3.63) is 40.9 Å². The normalized spacial score (nSPS) is 18.6. The number of hydrogen-bond donors (Lipinski definition) is 1. The molecule has 2 fully saturated rings. The summed E-state index contributed by atoms with van der Waals surface area (Å²) in [7, 11) is 0. The molecule has 2 aliphatic heterocycles. The van der Waals surface area contributed by atoms with E-state index < -0.39 is 0 Å². The van der Waals surface area contributed by atoms with E-state index in [0.29, 0.717) is 0 Å². The lowest BCUT2D eigenvalue weighted by atomic mass is 10.2. The van der Waals surface area contributed by atoms with Crippen LogP contribution in [0.15, 0.2) is 29.6 Å². The van der Waals surface area contributed by atoms with Gasteiger partial charge in [-0.3, -0.25) is 4.90 Å². The predicted octanol–water partition coefficient (Wildman–Crippen LogP) is 3.19. The van der Waals surface area contributed by atoms with Crippen molar-refractivity contribution in [2.45, 2.75) is 25.9 Å². The van der Waals surface area contributed by atoms with E-state index >= 15 is 0 Å². The molecule has 1 aromatic heterocycles. The molecule has 0 unspecified atom stereocenters. The van der Waals surface area contributed by atoms with E-state index in [1.54, 1.807) is 11.3 Å². The molecule has 0 radical (unpaired) electrons. The van der Waals surface area contributed by atoms with Crippen molar-refractivity contribution >= 4 is 22.2 Å². The molecule has 3 heterocycles. The third kappa shape index (κ3) is 4.51. The van der Waals surface area contributed by atoms with E-state index in [1.807, 2.05) is 0 Å². The molecule has 0 atom stereocenters. The zero-order valence-corrected chi connectivity index (χ0v) is 15.4. The Morgan fingerprint density at radius 3 is 2.80 bits per heavy atom. The Bertz CT molecular complexity index is 678. The minimum atomic E-state index is 0.826. The van der Waals surface area contributed by atoms with E-state index in [-0.39, 0.29) is 0 Å². The summed E-state index contributed by atoms with van der Waals surface area (Å²) in [6, 6.07) is 8.88. The first-order chi connectivity index (χ1) is 12.4. The molecular weight excluding hydrogens is 332 g/mol. The molecule has 25 heavy (non-hydrogen) atoms. The van der Waals surface area contributed by atoms with Crippen molar-refractivity contribution < 1.29 is 4.74 Å². The lowest BCUT2D eigenvalue weighted by molar-refractivity contribution is 0.0337. The smallest absolute Gasteiger partial charge is 0.183 e. The summed E-state index contributed by atoms with van der Waals surface area (Å²) in [5.41, 5.74) is 3.82. The van der Waals surface area contributed by atoms with Crippen LogP contribution in [-0.4, -0.2) is 49.3 Å². The van der Waals surface area contributed by atoms with Crippen molar-refractivity contribution in [1.29, 1.82) is 0 Å².